The molecule has 2 aromatic carbocycles. The lowest BCUT2D eigenvalue weighted by molar-refractivity contribution is 0.00502. The highest BCUT2D eigenvalue weighted by Crippen LogP contribution is 2.19. The Morgan fingerprint density at radius 3 is 1.65 bits per heavy atom. The normalized spacial score (nSPS) is 10.6. The van der Waals surface area contributed by atoms with Gasteiger partial charge < -0.3 is 29.4 Å². The van der Waals surface area contributed by atoms with Crippen molar-refractivity contribution < 1.29 is 23.7 Å². The van der Waals surface area contributed by atoms with Crippen LogP contribution in [-0.2, 0) is 14.2 Å². The summed E-state index contributed by atoms with van der Waals surface area (Å²) < 4.78 is 27.4. The van der Waals surface area contributed by atoms with E-state index in [1.165, 1.54) is 0 Å². The second-order valence-corrected chi connectivity index (χ2v) is 5.38. The molecule has 0 saturated heterocycles. The smallest absolute Gasteiger partial charge is 0.142 e. The first-order valence-electron chi connectivity index (χ1n) is 8.74. The first-order valence-corrected chi connectivity index (χ1v) is 8.74. The summed E-state index contributed by atoms with van der Waals surface area (Å²) in [7, 11) is 0. The molecule has 0 unspecified atom stereocenters. The van der Waals surface area contributed by atoms with E-state index in [2.05, 4.69) is 0 Å². The number of hydrogen-bond donors (Lipinski definition) is 1. The van der Waals surface area contributed by atoms with Gasteiger partial charge in [0.15, 0.2) is 0 Å². The summed E-state index contributed by atoms with van der Waals surface area (Å²) in [6.45, 7) is 4.12. The van der Waals surface area contributed by atoms with E-state index in [9.17, 15) is 0 Å². The van der Waals surface area contributed by atoms with Gasteiger partial charge in [0.05, 0.1) is 45.3 Å². The van der Waals surface area contributed by atoms with E-state index in [0.717, 1.165) is 5.75 Å². The minimum Gasteiger partial charge on any atom is -0.491 e. The molecule has 0 atom stereocenters. The number of benzene rings is 2. The van der Waals surface area contributed by atoms with Crippen LogP contribution in [0.3, 0.4) is 0 Å². The number of para-hydroxylation sites is 3. The molecule has 0 aliphatic carbocycles. The zero-order valence-electron chi connectivity index (χ0n) is 15.0. The van der Waals surface area contributed by atoms with E-state index in [1.807, 2.05) is 48.5 Å². The van der Waals surface area contributed by atoms with E-state index in [1.54, 1.807) is 6.07 Å². The molecule has 0 aliphatic rings. The van der Waals surface area contributed by atoms with Crippen molar-refractivity contribution >= 4 is 5.69 Å². The van der Waals surface area contributed by atoms with E-state index >= 15 is 0 Å². The molecule has 0 bridgehead atoms. The van der Waals surface area contributed by atoms with Crippen LogP contribution in [-0.4, -0.2) is 52.9 Å². The zero-order valence-corrected chi connectivity index (χ0v) is 15.0. The number of rotatable bonds is 14. The Hall–Kier alpha value is -2.28. The van der Waals surface area contributed by atoms with Crippen LogP contribution < -0.4 is 15.2 Å². The van der Waals surface area contributed by atoms with Gasteiger partial charge in [-0.1, -0.05) is 30.3 Å². The first kappa shape index (κ1) is 20.0. The third kappa shape index (κ3) is 8.71. The van der Waals surface area contributed by atoms with Crippen molar-refractivity contribution in [1.29, 1.82) is 0 Å². The van der Waals surface area contributed by atoms with Crippen molar-refractivity contribution in [2.75, 3.05) is 58.6 Å². The van der Waals surface area contributed by atoms with Gasteiger partial charge in [-0.25, -0.2) is 0 Å². The SMILES string of the molecule is Nc1ccccc1OCCOCCOCCOCCOc1ccccc1. The molecular weight excluding hydrogens is 334 g/mol. The lowest BCUT2D eigenvalue weighted by Crippen LogP contribution is -2.14. The van der Waals surface area contributed by atoms with Gasteiger partial charge in [-0.05, 0) is 24.3 Å². The van der Waals surface area contributed by atoms with Crippen molar-refractivity contribution in [2.45, 2.75) is 0 Å². The number of hydrogen-bond acceptors (Lipinski definition) is 6. The molecule has 0 radical (unpaired) electrons. The van der Waals surface area contributed by atoms with Crippen molar-refractivity contribution in [3.63, 3.8) is 0 Å². The van der Waals surface area contributed by atoms with Crippen LogP contribution in [0.2, 0.25) is 0 Å². The highest BCUT2D eigenvalue weighted by Gasteiger charge is 1.98. The Balaban J connectivity index is 1.32. The molecule has 0 amide bonds. The minimum atomic E-state index is 0.457. The zero-order chi connectivity index (χ0) is 18.3. The summed E-state index contributed by atoms with van der Waals surface area (Å²) in [6, 6.07) is 17.1. The van der Waals surface area contributed by atoms with E-state index < -0.39 is 0 Å². The van der Waals surface area contributed by atoms with Gasteiger partial charge in [0.2, 0.25) is 0 Å². The monoisotopic (exact) mass is 361 g/mol. The summed E-state index contributed by atoms with van der Waals surface area (Å²) in [5, 5.41) is 0. The lowest BCUT2D eigenvalue weighted by Gasteiger charge is -2.09. The molecule has 0 aliphatic heterocycles. The van der Waals surface area contributed by atoms with E-state index in [0.29, 0.717) is 64.3 Å². The van der Waals surface area contributed by atoms with Crippen molar-refractivity contribution in [3.05, 3.63) is 54.6 Å². The number of ether oxygens (including phenoxy) is 5. The lowest BCUT2D eigenvalue weighted by atomic mass is 10.3. The Kier molecular flexibility index (Phi) is 10.0. The predicted octanol–water partition coefficient (Wildman–Crippen LogP) is 2.78. The average molecular weight is 361 g/mol. The molecule has 0 saturated carbocycles. The fourth-order valence-corrected chi connectivity index (χ4v) is 2.10. The molecule has 26 heavy (non-hydrogen) atoms. The molecule has 6 heteroatoms. The molecule has 0 spiro atoms. The maximum atomic E-state index is 5.78. The van der Waals surface area contributed by atoms with Crippen LogP contribution in [0.1, 0.15) is 0 Å². The maximum absolute atomic E-state index is 5.78. The second kappa shape index (κ2) is 13.0. The fourth-order valence-electron chi connectivity index (χ4n) is 2.10. The second-order valence-electron chi connectivity index (χ2n) is 5.38. The number of nitrogens with two attached hydrogens (primary N) is 1. The summed E-state index contributed by atoms with van der Waals surface area (Å²) in [5.74, 6) is 1.53. The third-order valence-electron chi connectivity index (χ3n) is 3.39. The van der Waals surface area contributed by atoms with Gasteiger partial charge in [0.25, 0.3) is 0 Å². The molecule has 142 valence electrons. The molecule has 0 heterocycles. The largest absolute Gasteiger partial charge is 0.491 e. The van der Waals surface area contributed by atoms with Crippen LogP contribution in [0.25, 0.3) is 0 Å². The summed E-state index contributed by atoms with van der Waals surface area (Å²) in [4.78, 5) is 0. The standard InChI is InChI=1S/C20H27NO5/c21-19-8-4-5-9-20(19)26-17-15-24-13-11-22-10-12-23-14-16-25-18-6-2-1-3-7-18/h1-9H,10-17,21H2. The predicted molar refractivity (Wildman–Crippen MR) is 101 cm³/mol. The van der Waals surface area contributed by atoms with Crippen LogP contribution in [0.15, 0.2) is 54.6 Å². The maximum Gasteiger partial charge on any atom is 0.142 e. The first-order chi connectivity index (χ1) is 12.9. The Bertz CT molecular complexity index is 594. The van der Waals surface area contributed by atoms with Crippen molar-refractivity contribution in [2.24, 2.45) is 0 Å². The minimum absolute atomic E-state index is 0.457. The van der Waals surface area contributed by atoms with E-state index in [4.69, 9.17) is 29.4 Å². The third-order valence-corrected chi connectivity index (χ3v) is 3.39. The van der Waals surface area contributed by atoms with Crippen molar-refractivity contribution in [3.8, 4) is 11.5 Å². The number of anilines is 1. The molecule has 2 N–H and O–H groups in total. The number of nitrogen functional groups attached to an aromatic ring is 1. The van der Waals surface area contributed by atoms with Gasteiger partial charge in [-0.3, -0.25) is 0 Å². The molecule has 2 rings (SSSR count). The van der Waals surface area contributed by atoms with Gasteiger partial charge in [-0.2, -0.15) is 0 Å². The average Bonchev–Trinajstić information content (AvgIpc) is 2.67. The summed E-state index contributed by atoms with van der Waals surface area (Å²) >= 11 is 0. The van der Waals surface area contributed by atoms with Gasteiger partial charge >= 0.3 is 0 Å². The van der Waals surface area contributed by atoms with Crippen molar-refractivity contribution in [1.82, 2.24) is 0 Å². The summed E-state index contributed by atoms with van der Waals surface area (Å²) in [5.41, 5.74) is 6.41. The van der Waals surface area contributed by atoms with Crippen LogP contribution in [0.4, 0.5) is 5.69 Å². The Labute approximate surface area is 154 Å². The highest BCUT2D eigenvalue weighted by atomic mass is 16.6. The topological polar surface area (TPSA) is 72.2 Å². The van der Waals surface area contributed by atoms with Gasteiger partial charge in [0, 0.05) is 0 Å². The van der Waals surface area contributed by atoms with Crippen LogP contribution in [0, 0.1) is 0 Å². The van der Waals surface area contributed by atoms with Crippen LogP contribution >= 0.6 is 0 Å². The Morgan fingerprint density at radius 2 is 1.04 bits per heavy atom. The van der Waals surface area contributed by atoms with Gasteiger partial charge in [0.1, 0.15) is 24.7 Å². The van der Waals surface area contributed by atoms with E-state index in [-0.39, 0.29) is 0 Å². The molecule has 2 aromatic rings. The highest BCUT2D eigenvalue weighted by molar-refractivity contribution is 5.51. The summed E-state index contributed by atoms with van der Waals surface area (Å²) in [6.07, 6.45) is 0. The van der Waals surface area contributed by atoms with Gasteiger partial charge in [-0.15, -0.1) is 0 Å². The fraction of sp³-hybridized carbons (Fsp3) is 0.400. The molecule has 0 fully saturated rings. The molecular formula is C20H27NO5. The Morgan fingerprint density at radius 1 is 0.538 bits per heavy atom. The quantitative estimate of drug-likeness (QED) is 0.412. The van der Waals surface area contributed by atoms with Crippen LogP contribution in [0.5, 0.6) is 11.5 Å². The molecule has 6 nitrogen and oxygen atoms in total. The molecule has 0 aromatic heterocycles.